The lowest BCUT2D eigenvalue weighted by Crippen LogP contribution is -2.38. The molecule has 7 heteroatoms. The van der Waals surface area contributed by atoms with Crippen molar-refractivity contribution < 1.29 is 28.6 Å². The Kier molecular flexibility index (Phi) is 7.15. The second kappa shape index (κ2) is 10.4. The van der Waals surface area contributed by atoms with Crippen LogP contribution in [0.5, 0.6) is 11.5 Å². The lowest BCUT2D eigenvalue weighted by atomic mass is 9.98. The summed E-state index contributed by atoms with van der Waals surface area (Å²) in [5.41, 5.74) is 3.93. The van der Waals surface area contributed by atoms with Crippen LogP contribution in [0.2, 0.25) is 0 Å². The van der Waals surface area contributed by atoms with Crippen molar-refractivity contribution in [3.8, 4) is 11.5 Å². The molecular formula is C28H27NO6. The van der Waals surface area contributed by atoms with Gasteiger partial charge in [-0.2, -0.15) is 0 Å². The van der Waals surface area contributed by atoms with Gasteiger partial charge in [-0.05, 0) is 42.7 Å². The lowest BCUT2D eigenvalue weighted by molar-refractivity contribution is -0.135. The number of fused-ring (bicyclic) bond motifs is 1. The highest BCUT2D eigenvalue weighted by atomic mass is 16.5. The summed E-state index contributed by atoms with van der Waals surface area (Å²) >= 11 is 0. The van der Waals surface area contributed by atoms with Crippen LogP contribution in [0.25, 0.3) is 0 Å². The fourth-order valence-electron chi connectivity index (χ4n) is 4.11. The van der Waals surface area contributed by atoms with Gasteiger partial charge in [0.05, 0.1) is 19.8 Å². The van der Waals surface area contributed by atoms with Gasteiger partial charge in [-0.1, -0.05) is 48.0 Å². The third-order valence-electron chi connectivity index (χ3n) is 6.10. The molecule has 0 unspecified atom stereocenters. The number of carbonyl (C=O) groups excluding carboxylic acids is 3. The Hall–Kier alpha value is -4.13. The van der Waals surface area contributed by atoms with Gasteiger partial charge in [0.2, 0.25) is 0 Å². The number of ether oxygens (including phenoxy) is 3. The predicted octanol–water partition coefficient (Wildman–Crippen LogP) is 3.98. The number of nitrogens with zero attached hydrogens (tertiary/aromatic N) is 1. The molecule has 0 saturated carbocycles. The average molecular weight is 474 g/mol. The zero-order valence-electron chi connectivity index (χ0n) is 20.0. The van der Waals surface area contributed by atoms with Crippen LogP contribution in [0.15, 0.2) is 60.7 Å². The van der Waals surface area contributed by atoms with E-state index in [1.54, 1.807) is 49.5 Å². The van der Waals surface area contributed by atoms with Crippen molar-refractivity contribution in [1.82, 2.24) is 4.90 Å². The zero-order chi connectivity index (χ0) is 24.9. The number of amides is 1. The van der Waals surface area contributed by atoms with Crippen molar-refractivity contribution in [3.05, 3.63) is 94.0 Å². The quantitative estimate of drug-likeness (QED) is 0.381. The first-order valence-electron chi connectivity index (χ1n) is 11.3. The fraction of sp³-hybridized carbons (Fsp3) is 0.250. The van der Waals surface area contributed by atoms with Gasteiger partial charge < -0.3 is 19.1 Å². The van der Waals surface area contributed by atoms with E-state index < -0.39 is 12.6 Å². The van der Waals surface area contributed by atoms with Crippen molar-refractivity contribution in [2.24, 2.45) is 0 Å². The van der Waals surface area contributed by atoms with Crippen molar-refractivity contribution in [2.45, 2.75) is 19.9 Å². The first-order valence-corrected chi connectivity index (χ1v) is 11.3. The summed E-state index contributed by atoms with van der Waals surface area (Å²) in [6, 6.07) is 17.4. The van der Waals surface area contributed by atoms with E-state index in [1.807, 2.05) is 31.2 Å². The number of esters is 1. The van der Waals surface area contributed by atoms with E-state index in [0.717, 1.165) is 16.7 Å². The highest BCUT2D eigenvalue weighted by Crippen LogP contribution is 2.33. The third kappa shape index (κ3) is 5.19. The van der Waals surface area contributed by atoms with Gasteiger partial charge in [0.1, 0.15) is 0 Å². The number of rotatable bonds is 7. The summed E-state index contributed by atoms with van der Waals surface area (Å²) < 4.78 is 16.1. The highest BCUT2D eigenvalue weighted by Gasteiger charge is 2.25. The Bertz CT molecular complexity index is 1260. The van der Waals surface area contributed by atoms with E-state index in [4.69, 9.17) is 14.2 Å². The summed E-state index contributed by atoms with van der Waals surface area (Å²) in [6.45, 7) is 2.41. The van der Waals surface area contributed by atoms with Crippen LogP contribution < -0.4 is 9.47 Å². The first-order chi connectivity index (χ1) is 16.9. The van der Waals surface area contributed by atoms with Crippen molar-refractivity contribution in [2.75, 3.05) is 27.4 Å². The number of carbonyl (C=O) groups is 3. The van der Waals surface area contributed by atoms with Gasteiger partial charge in [-0.3, -0.25) is 9.59 Å². The van der Waals surface area contributed by atoms with Gasteiger partial charge in [0.25, 0.3) is 5.91 Å². The van der Waals surface area contributed by atoms with E-state index in [-0.39, 0.29) is 22.8 Å². The van der Waals surface area contributed by atoms with E-state index in [0.29, 0.717) is 36.6 Å². The largest absolute Gasteiger partial charge is 0.493 e. The van der Waals surface area contributed by atoms with Gasteiger partial charge >= 0.3 is 5.97 Å². The van der Waals surface area contributed by atoms with Gasteiger partial charge in [-0.25, -0.2) is 4.79 Å². The normalized spacial score (nSPS) is 12.5. The van der Waals surface area contributed by atoms with Gasteiger partial charge in [-0.15, -0.1) is 0 Å². The van der Waals surface area contributed by atoms with E-state index in [2.05, 4.69) is 0 Å². The molecular weight excluding hydrogens is 446 g/mol. The predicted molar refractivity (Wildman–Crippen MR) is 130 cm³/mol. The molecule has 0 fully saturated rings. The maximum absolute atomic E-state index is 13.0. The minimum Gasteiger partial charge on any atom is -0.493 e. The van der Waals surface area contributed by atoms with Crippen LogP contribution in [-0.4, -0.2) is 49.9 Å². The standard InChI is InChI=1S/C28H27NO6/c1-18-8-10-19(11-9-18)27(31)22-6-4-5-7-23(22)28(32)35-17-26(30)29-13-12-20-14-24(33-2)25(34-3)15-21(20)16-29/h4-11,14-15H,12-13,16-17H2,1-3H3. The molecule has 0 atom stereocenters. The molecule has 35 heavy (non-hydrogen) atoms. The molecule has 0 aliphatic carbocycles. The minimum atomic E-state index is -0.710. The number of hydrogen-bond acceptors (Lipinski definition) is 6. The maximum Gasteiger partial charge on any atom is 0.339 e. The Morgan fingerprint density at radius 2 is 1.49 bits per heavy atom. The van der Waals surface area contributed by atoms with Crippen LogP contribution in [0, 0.1) is 6.92 Å². The second-order valence-corrected chi connectivity index (χ2v) is 8.36. The molecule has 1 amide bonds. The molecule has 1 aliphatic heterocycles. The summed E-state index contributed by atoms with van der Waals surface area (Å²) in [5.74, 6) is -0.0409. The topological polar surface area (TPSA) is 82.1 Å². The second-order valence-electron chi connectivity index (χ2n) is 8.36. The molecule has 0 saturated heterocycles. The molecule has 180 valence electrons. The Balaban J connectivity index is 1.43. The van der Waals surface area contributed by atoms with Crippen LogP contribution >= 0.6 is 0 Å². The summed E-state index contributed by atoms with van der Waals surface area (Å²) in [4.78, 5) is 40.3. The zero-order valence-corrected chi connectivity index (χ0v) is 20.0. The highest BCUT2D eigenvalue weighted by molar-refractivity contribution is 6.14. The maximum atomic E-state index is 13.0. The molecule has 0 aromatic heterocycles. The number of hydrogen-bond donors (Lipinski definition) is 0. The Labute approximate surface area is 204 Å². The minimum absolute atomic E-state index is 0.131. The average Bonchev–Trinajstić information content (AvgIpc) is 2.90. The summed E-state index contributed by atoms with van der Waals surface area (Å²) in [5, 5.41) is 0. The first kappa shape index (κ1) is 24.0. The molecule has 3 aromatic carbocycles. The van der Waals surface area contributed by atoms with Crippen LogP contribution in [0.1, 0.15) is 43.0 Å². The monoisotopic (exact) mass is 473 g/mol. The summed E-state index contributed by atoms with van der Waals surface area (Å²) in [7, 11) is 3.15. The van der Waals surface area contributed by atoms with Crippen LogP contribution in [-0.2, 0) is 22.5 Å². The third-order valence-corrected chi connectivity index (χ3v) is 6.10. The molecule has 0 N–H and O–H groups in total. The molecule has 0 bridgehead atoms. The molecule has 4 rings (SSSR count). The molecule has 0 spiro atoms. The van der Waals surface area contributed by atoms with Crippen LogP contribution in [0.4, 0.5) is 0 Å². The van der Waals surface area contributed by atoms with Crippen LogP contribution in [0.3, 0.4) is 0 Å². The van der Waals surface area contributed by atoms with Crippen molar-refractivity contribution in [1.29, 1.82) is 0 Å². The number of methoxy groups -OCH3 is 2. The Morgan fingerprint density at radius 3 is 2.14 bits per heavy atom. The fourth-order valence-corrected chi connectivity index (χ4v) is 4.11. The van der Waals surface area contributed by atoms with Crippen molar-refractivity contribution in [3.63, 3.8) is 0 Å². The molecule has 1 aliphatic rings. The number of ketones is 1. The number of benzene rings is 3. The Morgan fingerprint density at radius 1 is 0.857 bits per heavy atom. The molecule has 7 nitrogen and oxygen atoms in total. The lowest BCUT2D eigenvalue weighted by Gasteiger charge is -2.29. The van der Waals surface area contributed by atoms with E-state index in [1.165, 1.54) is 6.07 Å². The smallest absolute Gasteiger partial charge is 0.339 e. The molecule has 3 aromatic rings. The van der Waals surface area contributed by atoms with Gasteiger partial charge in [0, 0.05) is 24.2 Å². The summed E-state index contributed by atoms with van der Waals surface area (Å²) in [6.07, 6.45) is 0.656. The molecule has 1 heterocycles. The van der Waals surface area contributed by atoms with E-state index in [9.17, 15) is 14.4 Å². The van der Waals surface area contributed by atoms with Gasteiger partial charge in [0.15, 0.2) is 23.9 Å². The van der Waals surface area contributed by atoms with Crippen molar-refractivity contribution >= 4 is 17.7 Å². The SMILES string of the molecule is COc1cc2c(cc1OC)CN(C(=O)COC(=O)c1ccccc1C(=O)c1ccc(C)cc1)CC2. The number of aryl methyl sites for hydroxylation is 1. The molecule has 0 radical (unpaired) electrons. The van der Waals surface area contributed by atoms with E-state index >= 15 is 0 Å².